The number of fused-ring (bicyclic) bond motifs is 4. The molecule has 6 aliphatic rings. The quantitative estimate of drug-likeness (QED) is 0.425. The van der Waals surface area contributed by atoms with E-state index in [-0.39, 0.29) is 47.8 Å². The molecule has 11 atom stereocenters. The van der Waals surface area contributed by atoms with Crippen LogP contribution >= 0.6 is 0 Å². The number of hydrogen-bond acceptors (Lipinski definition) is 7. The number of ether oxygens (including phenoxy) is 2. The Balaban J connectivity index is 1.27. The molecule has 0 amide bonds. The lowest BCUT2D eigenvalue weighted by molar-refractivity contribution is -0.183. The molecule has 4 aliphatic carbocycles. The number of aliphatic hydroxyl groups excluding tert-OH is 2. The molecule has 7 heteroatoms. The number of rotatable bonds is 3. The molecular formula is C27H36O7. The van der Waals surface area contributed by atoms with Crippen molar-refractivity contribution in [1.82, 2.24) is 0 Å². The van der Waals surface area contributed by atoms with Gasteiger partial charge in [-0.1, -0.05) is 19.4 Å². The highest BCUT2D eigenvalue weighted by Crippen LogP contribution is 2.70. The Hall–Kier alpha value is -1.54. The minimum atomic E-state index is -1.65. The van der Waals surface area contributed by atoms with Gasteiger partial charge in [-0.25, -0.2) is 4.79 Å². The van der Waals surface area contributed by atoms with Crippen LogP contribution in [0.15, 0.2) is 23.3 Å². The molecule has 0 aromatic heterocycles. The van der Waals surface area contributed by atoms with E-state index >= 15 is 0 Å². The molecule has 0 unspecified atom stereocenters. The van der Waals surface area contributed by atoms with Crippen molar-refractivity contribution in [2.24, 2.45) is 35.0 Å². The van der Waals surface area contributed by atoms with Crippen LogP contribution in [0.25, 0.3) is 0 Å². The zero-order chi connectivity index (χ0) is 24.2. The third-order valence-electron chi connectivity index (χ3n) is 11.0. The first-order valence-corrected chi connectivity index (χ1v) is 12.9. The summed E-state index contributed by atoms with van der Waals surface area (Å²) in [5.74, 6) is 0.132. The van der Waals surface area contributed by atoms with Gasteiger partial charge in [-0.3, -0.25) is 4.79 Å². The van der Waals surface area contributed by atoms with Crippen LogP contribution in [0.5, 0.6) is 0 Å². The number of esters is 1. The second-order valence-corrected chi connectivity index (χ2v) is 12.1. The molecule has 1 spiro atoms. The maximum absolute atomic E-state index is 13.0. The summed E-state index contributed by atoms with van der Waals surface area (Å²) >= 11 is 0. The molecule has 0 aromatic rings. The predicted molar refractivity (Wildman–Crippen MR) is 121 cm³/mol. The highest BCUT2D eigenvalue weighted by atomic mass is 16.6. The summed E-state index contributed by atoms with van der Waals surface area (Å²) in [4.78, 5) is 25.5. The van der Waals surface area contributed by atoms with Crippen LogP contribution in [0.3, 0.4) is 0 Å². The van der Waals surface area contributed by atoms with Gasteiger partial charge < -0.3 is 24.8 Å². The normalized spacial score (nSPS) is 52.4. The van der Waals surface area contributed by atoms with Crippen molar-refractivity contribution in [3.63, 3.8) is 0 Å². The monoisotopic (exact) mass is 472 g/mol. The first-order valence-electron chi connectivity index (χ1n) is 12.9. The summed E-state index contributed by atoms with van der Waals surface area (Å²) in [5, 5.41) is 32.0. The van der Waals surface area contributed by atoms with Crippen LogP contribution in [0, 0.1) is 35.0 Å². The maximum atomic E-state index is 13.0. The van der Waals surface area contributed by atoms with Crippen LogP contribution in [0.4, 0.5) is 0 Å². The summed E-state index contributed by atoms with van der Waals surface area (Å²) in [5.41, 5.74) is -1.49. The molecule has 0 radical (unpaired) electrons. The largest absolute Gasteiger partial charge is 0.458 e. The van der Waals surface area contributed by atoms with E-state index in [1.54, 1.807) is 0 Å². The number of epoxide rings is 1. The van der Waals surface area contributed by atoms with Gasteiger partial charge in [0.05, 0.1) is 18.3 Å². The van der Waals surface area contributed by atoms with Gasteiger partial charge in [0, 0.05) is 12.3 Å². The van der Waals surface area contributed by atoms with E-state index in [1.165, 1.54) is 12.2 Å². The van der Waals surface area contributed by atoms with Crippen LogP contribution in [0.2, 0.25) is 0 Å². The average Bonchev–Trinajstić information content (AvgIpc) is 3.43. The molecule has 186 valence electrons. The number of ketones is 1. The Labute approximate surface area is 200 Å². The highest BCUT2D eigenvalue weighted by molar-refractivity contribution is 6.00. The number of cyclic esters (lactones) is 1. The van der Waals surface area contributed by atoms with Crippen LogP contribution in [0.1, 0.15) is 59.3 Å². The molecular weight excluding hydrogens is 436 g/mol. The maximum Gasteiger partial charge on any atom is 0.336 e. The van der Waals surface area contributed by atoms with Gasteiger partial charge >= 0.3 is 5.97 Å². The molecule has 6 rings (SSSR count). The number of hydrogen-bond donors (Lipinski definition) is 3. The average molecular weight is 473 g/mol. The Kier molecular flexibility index (Phi) is 4.88. The molecule has 1 saturated heterocycles. The Morgan fingerprint density at radius 2 is 1.97 bits per heavy atom. The molecule has 2 heterocycles. The van der Waals surface area contributed by atoms with Crippen molar-refractivity contribution in [2.45, 2.75) is 88.8 Å². The molecule has 2 aliphatic heterocycles. The molecule has 7 nitrogen and oxygen atoms in total. The second-order valence-electron chi connectivity index (χ2n) is 12.1. The molecule has 3 saturated carbocycles. The van der Waals surface area contributed by atoms with E-state index in [4.69, 9.17) is 9.47 Å². The molecule has 0 bridgehead atoms. The first-order chi connectivity index (χ1) is 16.1. The SMILES string of the molecule is CC1=C(CO)C(=O)O[C@@H]([C@@H](C)[C@H]2CC[C@H]3[C@@H]4C[C@H]5O[C@]56[C@@H](O)C=CC(=O)[C@]6(O)[C@H]4CC[C@]23C)C1. The molecule has 0 aromatic carbocycles. The van der Waals surface area contributed by atoms with Crippen molar-refractivity contribution >= 4 is 11.8 Å². The lowest BCUT2D eigenvalue weighted by Crippen LogP contribution is -2.69. The Morgan fingerprint density at radius 1 is 1.21 bits per heavy atom. The highest BCUT2D eigenvalue weighted by Gasteiger charge is 2.82. The van der Waals surface area contributed by atoms with Gasteiger partial charge in [0.2, 0.25) is 0 Å². The zero-order valence-electron chi connectivity index (χ0n) is 20.2. The van der Waals surface area contributed by atoms with E-state index in [0.29, 0.717) is 23.8 Å². The third-order valence-corrected chi connectivity index (χ3v) is 11.0. The Morgan fingerprint density at radius 3 is 2.68 bits per heavy atom. The third kappa shape index (κ3) is 2.62. The Bertz CT molecular complexity index is 1000. The first kappa shape index (κ1) is 22.9. The standard InChI is InChI=1S/C27H36O7/c1-13-10-20(33-24(31)16(13)12-28)14(2)17-4-5-18-15-11-23-27(34-23)22(30)7-6-21(29)26(27,32)19(15)8-9-25(17,18)3/h6-7,14-15,17-20,22-23,28,30,32H,4-5,8-12H2,1-3H3/t14-,15-,17+,18-,19-,20+,22-,23+,25+,26+,27+/m0/s1. The van der Waals surface area contributed by atoms with Crippen molar-refractivity contribution in [3.8, 4) is 0 Å². The number of carbonyl (C=O) groups excluding carboxylic acids is 2. The summed E-state index contributed by atoms with van der Waals surface area (Å²) in [6, 6.07) is 0. The fraction of sp³-hybridized carbons (Fsp3) is 0.778. The van der Waals surface area contributed by atoms with Crippen molar-refractivity contribution in [2.75, 3.05) is 6.61 Å². The van der Waals surface area contributed by atoms with Gasteiger partial charge in [-0.2, -0.15) is 0 Å². The van der Waals surface area contributed by atoms with Crippen LogP contribution in [-0.4, -0.2) is 63.2 Å². The molecule has 3 N–H and O–H groups in total. The van der Waals surface area contributed by atoms with E-state index in [9.17, 15) is 24.9 Å². The lowest BCUT2D eigenvalue weighted by atomic mass is 9.47. The fourth-order valence-electron chi connectivity index (χ4n) is 9.25. The minimum Gasteiger partial charge on any atom is -0.458 e. The van der Waals surface area contributed by atoms with Gasteiger partial charge in [0.15, 0.2) is 17.0 Å². The summed E-state index contributed by atoms with van der Waals surface area (Å²) in [6.45, 7) is 6.17. The van der Waals surface area contributed by atoms with Gasteiger partial charge in [-0.05, 0) is 80.3 Å². The molecule has 4 fully saturated rings. The number of carbonyl (C=O) groups is 2. The lowest BCUT2D eigenvalue weighted by Gasteiger charge is -2.57. The topological polar surface area (TPSA) is 117 Å². The zero-order valence-corrected chi connectivity index (χ0v) is 20.2. The van der Waals surface area contributed by atoms with Crippen LogP contribution < -0.4 is 0 Å². The van der Waals surface area contributed by atoms with Gasteiger partial charge in [0.25, 0.3) is 0 Å². The minimum absolute atomic E-state index is 0.0271. The van der Waals surface area contributed by atoms with Crippen LogP contribution in [-0.2, 0) is 19.1 Å². The smallest absolute Gasteiger partial charge is 0.336 e. The van der Waals surface area contributed by atoms with E-state index in [0.717, 1.165) is 37.7 Å². The van der Waals surface area contributed by atoms with Gasteiger partial charge in [-0.15, -0.1) is 0 Å². The summed E-state index contributed by atoms with van der Waals surface area (Å²) in [7, 11) is 0. The van der Waals surface area contributed by atoms with Crippen molar-refractivity contribution < 1.29 is 34.4 Å². The second kappa shape index (κ2) is 7.25. The summed E-state index contributed by atoms with van der Waals surface area (Å²) in [6.07, 6.45) is 6.47. The molecule has 34 heavy (non-hydrogen) atoms. The predicted octanol–water partition coefficient (Wildman–Crippen LogP) is 2.08. The van der Waals surface area contributed by atoms with E-state index < -0.39 is 23.3 Å². The number of aliphatic hydroxyl groups is 3. The van der Waals surface area contributed by atoms with E-state index in [2.05, 4.69) is 13.8 Å². The van der Waals surface area contributed by atoms with Crippen molar-refractivity contribution in [3.05, 3.63) is 23.3 Å². The fourth-order valence-corrected chi connectivity index (χ4v) is 9.25. The van der Waals surface area contributed by atoms with Crippen molar-refractivity contribution in [1.29, 1.82) is 0 Å². The summed E-state index contributed by atoms with van der Waals surface area (Å²) < 4.78 is 11.8. The van der Waals surface area contributed by atoms with Gasteiger partial charge in [0.1, 0.15) is 12.2 Å². The van der Waals surface area contributed by atoms with E-state index in [1.807, 2.05) is 6.92 Å².